The standard InChI is InChI=1S/C8H11BrO/c1-5-3-7(10)4-6(2)8(5)9/h3,6,10H,4H2,1-2H3/t6-/m0/s1. The molecule has 0 radical (unpaired) electrons. The first-order valence-corrected chi connectivity index (χ1v) is 4.16. The monoisotopic (exact) mass is 202 g/mol. The number of hydrogen-bond donors (Lipinski definition) is 1. The van der Waals surface area contributed by atoms with Crippen LogP contribution < -0.4 is 0 Å². The van der Waals surface area contributed by atoms with Gasteiger partial charge in [0.15, 0.2) is 0 Å². The molecule has 0 saturated heterocycles. The molecular weight excluding hydrogens is 192 g/mol. The van der Waals surface area contributed by atoms with Crippen molar-refractivity contribution < 1.29 is 5.11 Å². The molecular formula is C8H11BrO. The van der Waals surface area contributed by atoms with Crippen molar-refractivity contribution in [3.63, 3.8) is 0 Å². The molecule has 0 saturated carbocycles. The Bertz CT molecular complexity index is 203. The van der Waals surface area contributed by atoms with E-state index in [2.05, 4.69) is 22.9 Å². The minimum Gasteiger partial charge on any atom is -0.512 e. The minimum absolute atomic E-state index is 0.435. The van der Waals surface area contributed by atoms with Crippen LogP contribution in [0.3, 0.4) is 0 Å². The lowest BCUT2D eigenvalue weighted by Crippen LogP contribution is -2.03. The molecule has 1 nitrogen and oxygen atoms in total. The molecule has 0 aromatic rings. The van der Waals surface area contributed by atoms with E-state index in [9.17, 15) is 5.11 Å². The van der Waals surface area contributed by atoms with E-state index in [-0.39, 0.29) is 0 Å². The molecule has 1 aliphatic carbocycles. The molecule has 1 rings (SSSR count). The maximum Gasteiger partial charge on any atom is 0.0931 e. The summed E-state index contributed by atoms with van der Waals surface area (Å²) < 4.78 is 1.21. The average molecular weight is 203 g/mol. The van der Waals surface area contributed by atoms with Gasteiger partial charge in [-0.3, -0.25) is 0 Å². The molecule has 1 atom stereocenters. The molecule has 0 unspecified atom stereocenters. The second-order valence-electron chi connectivity index (χ2n) is 2.77. The highest BCUT2D eigenvalue weighted by molar-refractivity contribution is 9.11. The molecule has 2 heteroatoms. The zero-order valence-electron chi connectivity index (χ0n) is 6.19. The Hall–Kier alpha value is -0.240. The largest absolute Gasteiger partial charge is 0.512 e. The fourth-order valence-electron chi connectivity index (χ4n) is 1.17. The van der Waals surface area contributed by atoms with E-state index in [1.54, 1.807) is 0 Å². The highest BCUT2D eigenvalue weighted by atomic mass is 79.9. The van der Waals surface area contributed by atoms with Crippen LogP contribution in [0.25, 0.3) is 0 Å². The lowest BCUT2D eigenvalue weighted by Gasteiger charge is -2.17. The Labute approximate surface area is 69.6 Å². The Balaban J connectivity index is 2.92. The van der Waals surface area contributed by atoms with Crippen LogP contribution >= 0.6 is 15.9 Å². The van der Waals surface area contributed by atoms with Crippen LogP contribution in [0.1, 0.15) is 20.3 Å². The third-order valence-corrected chi connectivity index (χ3v) is 3.11. The van der Waals surface area contributed by atoms with Crippen LogP contribution in [0, 0.1) is 5.92 Å². The first-order valence-electron chi connectivity index (χ1n) is 3.37. The molecule has 0 aliphatic heterocycles. The van der Waals surface area contributed by atoms with E-state index in [0.717, 1.165) is 12.0 Å². The molecule has 56 valence electrons. The topological polar surface area (TPSA) is 20.2 Å². The fraction of sp³-hybridized carbons (Fsp3) is 0.500. The fourth-order valence-corrected chi connectivity index (χ4v) is 1.45. The van der Waals surface area contributed by atoms with E-state index in [1.807, 2.05) is 13.0 Å². The van der Waals surface area contributed by atoms with Crippen molar-refractivity contribution in [1.29, 1.82) is 0 Å². The predicted octanol–water partition coefficient (Wildman–Crippen LogP) is 3.14. The van der Waals surface area contributed by atoms with Gasteiger partial charge in [-0.15, -0.1) is 0 Å². The van der Waals surface area contributed by atoms with Gasteiger partial charge in [0.2, 0.25) is 0 Å². The van der Waals surface area contributed by atoms with E-state index >= 15 is 0 Å². The molecule has 10 heavy (non-hydrogen) atoms. The summed E-state index contributed by atoms with van der Waals surface area (Å²) in [4.78, 5) is 0. The Morgan fingerprint density at radius 1 is 1.70 bits per heavy atom. The molecule has 1 N–H and O–H groups in total. The van der Waals surface area contributed by atoms with Crippen LogP contribution in [0.5, 0.6) is 0 Å². The summed E-state index contributed by atoms with van der Waals surface area (Å²) in [7, 11) is 0. The van der Waals surface area contributed by atoms with Crippen molar-refractivity contribution in [3.05, 3.63) is 21.9 Å². The van der Waals surface area contributed by atoms with Crippen molar-refractivity contribution in [1.82, 2.24) is 0 Å². The highest BCUT2D eigenvalue weighted by Crippen LogP contribution is 2.31. The smallest absolute Gasteiger partial charge is 0.0931 e. The number of rotatable bonds is 0. The van der Waals surface area contributed by atoms with Crippen LogP contribution in [-0.4, -0.2) is 5.11 Å². The minimum atomic E-state index is 0.435. The van der Waals surface area contributed by atoms with Gasteiger partial charge in [-0.1, -0.05) is 22.9 Å². The second kappa shape index (κ2) is 2.79. The Morgan fingerprint density at radius 2 is 2.30 bits per heavy atom. The summed E-state index contributed by atoms with van der Waals surface area (Å²) in [6.45, 7) is 4.09. The van der Waals surface area contributed by atoms with Crippen molar-refractivity contribution in [2.75, 3.05) is 0 Å². The lowest BCUT2D eigenvalue weighted by molar-refractivity contribution is 0.367. The van der Waals surface area contributed by atoms with Crippen LogP contribution in [-0.2, 0) is 0 Å². The van der Waals surface area contributed by atoms with Crippen molar-refractivity contribution in [2.24, 2.45) is 5.92 Å². The average Bonchev–Trinajstić information content (AvgIpc) is 1.82. The van der Waals surface area contributed by atoms with Gasteiger partial charge in [0, 0.05) is 10.9 Å². The Morgan fingerprint density at radius 3 is 2.80 bits per heavy atom. The number of aliphatic hydroxyl groups excluding tert-OH is 1. The van der Waals surface area contributed by atoms with E-state index in [4.69, 9.17) is 0 Å². The molecule has 0 bridgehead atoms. The Kier molecular flexibility index (Phi) is 2.19. The molecule has 0 amide bonds. The van der Waals surface area contributed by atoms with Crippen molar-refractivity contribution >= 4 is 15.9 Å². The highest BCUT2D eigenvalue weighted by Gasteiger charge is 2.14. The van der Waals surface area contributed by atoms with E-state index in [1.165, 1.54) is 4.48 Å². The van der Waals surface area contributed by atoms with Gasteiger partial charge in [-0.05, 0) is 24.5 Å². The summed E-state index contributed by atoms with van der Waals surface area (Å²) in [5.41, 5.74) is 1.14. The molecule has 0 aromatic carbocycles. The third-order valence-electron chi connectivity index (χ3n) is 1.71. The SMILES string of the molecule is CC1=C(Br)[C@@H](C)CC(O)=C1. The molecule has 1 aliphatic rings. The van der Waals surface area contributed by atoms with Crippen molar-refractivity contribution in [2.45, 2.75) is 20.3 Å². The van der Waals surface area contributed by atoms with Crippen molar-refractivity contribution in [3.8, 4) is 0 Å². The van der Waals surface area contributed by atoms with E-state index in [0.29, 0.717) is 11.7 Å². The van der Waals surface area contributed by atoms with Gasteiger partial charge in [0.1, 0.15) is 0 Å². The normalized spacial score (nSPS) is 26.7. The number of halogens is 1. The molecule has 0 spiro atoms. The van der Waals surface area contributed by atoms with E-state index < -0.39 is 0 Å². The lowest BCUT2D eigenvalue weighted by atomic mass is 9.97. The number of allylic oxidation sites excluding steroid dienone is 4. The van der Waals surface area contributed by atoms with Crippen LogP contribution in [0.2, 0.25) is 0 Å². The zero-order chi connectivity index (χ0) is 7.72. The summed E-state index contributed by atoms with van der Waals surface area (Å²) >= 11 is 3.47. The van der Waals surface area contributed by atoms with Gasteiger partial charge in [-0.2, -0.15) is 0 Å². The van der Waals surface area contributed by atoms with Crippen LogP contribution in [0.15, 0.2) is 21.9 Å². The molecule has 0 aromatic heterocycles. The first-order chi connectivity index (χ1) is 4.61. The third kappa shape index (κ3) is 1.43. The number of aliphatic hydroxyl groups is 1. The molecule has 0 heterocycles. The maximum absolute atomic E-state index is 9.17. The maximum atomic E-state index is 9.17. The zero-order valence-corrected chi connectivity index (χ0v) is 7.77. The summed E-state index contributed by atoms with van der Waals surface area (Å²) in [5, 5.41) is 9.17. The predicted molar refractivity (Wildman–Crippen MR) is 46.1 cm³/mol. The summed E-state index contributed by atoms with van der Waals surface area (Å²) in [6.07, 6.45) is 2.57. The number of hydrogen-bond acceptors (Lipinski definition) is 1. The first kappa shape index (κ1) is 7.86. The van der Waals surface area contributed by atoms with Gasteiger partial charge in [-0.25, -0.2) is 0 Å². The second-order valence-corrected chi connectivity index (χ2v) is 3.63. The van der Waals surface area contributed by atoms with Gasteiger partial charge < -0.3 is 5.11 Å². The summed E-state index contributed by atoms with van der Waals surface area (Å²) in [6, 6.07) is 0. The molecule has 0 fully saturated rings. The quantitative estimate of drug-likeness (QED) is 0.641. The summed E-state index contributed by atoms with van der Waals surface area (Å²) in [5.74, 6) is 0.929. The van der Waals surface area contributed by atoms with Gasteiger partial charge in [0.05, 0.1) is 5.76 Å². The van der Waals surface area contributed by atoms with Crippen LogP contribution in [0.4, 0.5) is 0 Å². The van der Waals surface area contributed by atoms with Gasteiger partial charge >= 0.3 is 0 Å². The van der Waals surface area contributed by atoms with Gasteiger partial charge in [0.25, 0.3) is 0 Å².